The second-order valence-corrected chi connectivity index (χ2v) is 11.9. The van der Waals surface area contributed by atoms with E-state index in [-0.39, 0.29) is 29.1 Å². The quantitative estimate of drug-likeness (QED) is 0.258. The van der Waals surface area contributed by atoms with Crippen LogP contribution in [0.4, 0.5) is 5.69 Å². The highest BCUT2D eigenvalue weighted by Gasteiger charge is 2.34. The van der Waals surface area contributed by atoms with Crippen LogP contribution in [0.15, 0.2) is 83.8 Å². The van der Waals surface area contributed by atoms with E-state index >= 15 is 0 Å². The number of sulfonamides is 1. The molecule has 0 fully saturated rings. The summed E-state index contributed by atoms with van der Waals surface area (Å²) in [5.74, 6) is -0.212. The predicted octanol–water partition coefficient (Wildman–Crippen LogP) is 5.66. The van der Waals surface area contributed by atoms with Crippen molar-refractivity contribution in [1.29, 1.82) is 0 Å². The normalized spacial score (nSPS) is 12.7. The second-order valence-electron chi connectivity index (χ2n) is 9.64. The summed E-state index contributed by atoms with van der Waals surface area (Å²) in [5, 5.41) is 3.36. The monoisotopic (exact) mass is 599 g/mol. The molecule has 0 radical (unpaired) electrons. The standard InChI is InChI=1S/C31H38ClN3O5S/c1-5-23(4)33-31(37)29(6-2)34(21-24-11-9-8-10-12-24)30(36)22-35(26-15-17-27(18-16-26)40-7-3)41(38,39)28-19-13-25(32)14-20-28/h8-20,23,29H,5-7,21-22H2,1-4H3,(H,33,37)/t23-,29-/m1/s1. The highest BCUT2D eigenvalue weighted by Crippen LogP contribution is 2.27. The Kier molecular flexibility index (Phi) is 11.6. The van der Waals surface area contributed by atoms with Crippen LogP contribution in [-0.4, -0.2) is 50.4 Å². The summed E-state index contributed by atoms with van der Waals surface area (Å²) in [4.78, 5) is 28.9. The van der Waals surface area contributed by atoms with Gasteiger partial charge >= 0.3 is 0 Å². The lowest BCUT2D eigenvalue weighted by Crippen LogP contribution is -2.53. The SMILES string of the molecule is CCOc1ccc(N(CC(=O)N(Cc2ccccc2)[C@H](CC)C(=O)N[C@H](C)CC)S(=O)(=O)c2ccc(Cl)cc2)cc1. The van der Waals surface area contributed by atoms with Gasteiger partial charge in [-0.15, -0.1) is 0 Å². The van der Waals surface area contributed by atoms with Crippen LogP contribution in [0.25, 0.3) is 0 Å². The van der Waals surface area contributed by atoms with Crippen LogP contribution < -0.4 is 14.4 Å². The molecule has 0 aromatic heterocycles. The number of nitrogens with one attached hydrogen (secondary N) is 1. The Balaban J connectivity index is 2.04. The van der Waals surface area contributed by atoms with Gasteiger partial charge in [0.05, 0.1) is 17.2 Å². The number of hydrogen-bond acceptors (Lipinski definition) is 5. The Morgan fingerprint density at radius 2 is 1.54 bits per heavy atom. The van der Waals surface area contributed by atoms with E-state index in [4.69, 9.17) is 16.3 Å². The maximum Gasteiger partial charge on any atom is 0.264 e. The highest BCUT2D eigenvalue weighted by atomic mass is 35.5. The van der Waals surface area contributed by atoms with Crippen LogP contribution in [0.5, 0.6) is 5.75 Å². The molecule has 10 heteroatoms. The van der Waals surface area contributed by atoms with E-state index in [0.29, 0.717) is 23.8 Å². The molecule has 0 saturated carbocycles. The molecule has 0 saturated heterocycles. The molecule has 3 aromatic carbocycles. The Labute approximate surface area is 248 Å². The zero-order valence-electron chi connectivity index (χ0n) is 23.9. The minimum absolute atomic E-state index is 0.0141. The van der Waals surface area contributed by atoms with E-state index in [9.17, 15) is 18.0 Å². The van der Waals surface area contributed by atoms with Crippen molar-refractivity contribution in [3.8, 4) is 5.75 Å². The molecule has 0 bridgehead atoms. The summed E-state index contributed by atoms with van der Waals surface area (Å²) in [6, 6.07) is 20.7. The molecule has 41 heavy (non-hydrogen) atoms. The molecule has 0 aliphatic rings. The molecule has 0 spiro atoms. The first kappa shape index (κ1) is 32.0. The number of halogens is 1. The van der Waals surface area contributed by atoms with E-state index in [1.807, 2.05) is 58.0 Å². The largest absolute Gasteiger partial charge is 0.494 e. The third kappa shape index (κ3) is 8.47. The van der Waals surface area contributed by atoms with Gasteiger partial charge < -0.3 is 15.0 Å². The third-order valence-electron chi connectivity index (χ3n) is 6.70. The third-order valence-corrected chi connectivity index (χ3v) is 8.74. The zero-order chi connectivity index (χ0) is 30.0. The van der Waals surface area contributed by atoms with Gasteiger partial charge in [0.25, 0.3) is 10.0 Å². The maximum atomic E-state index is 14.1. The second kappa shape index (κ2) is 14.9. The lowest BCUT2D eigenvalue weighted by molar-refractivity contribution is -0.140. The van der Waals surface area contributed by atoms with Gasteiger partial charge in [-0.05, 0) is 80.8 Å². The number of carbonyl (C=O) groups is 2. The number of anilines is 1. The van der Waals surface area contributed by atoms with Crippen molar-refractivity contribution in [1.82, 2.24) is 10.2 Å². The number of ether oxygens (including phenoxy) is 1. The predicted molar refractivity (Wildman–Crippen MR) is 163 cm³/mol. The van der Waals surface area contributed by atoms with Gasteiger partial charge in [0.2, 0.25) is 11.8 Å². The van der Waals surface area contributed by atoms with Crippen molar-refractivity contribution in [2.75, 3.05) is 17.5 Å². The van der Waals surface area contributed by atoms with Gasteiger partial charge in [0, 0.05) is 17.6 Å². The fourth-order valence-corrected chi connectivity index (χ4v) is 5.82. The lowest BCUT2D eigenvalue weighted by Gasteiger charge is -2.33. The summed E-state index contributed by atoms with van der Waals surface area (Å²) in [6.45, 7) is 7.64. The zero-order valence-corrected chi connectivity index (χ0v) is 25.5. The number of rotatable bonds is 14. The molecule has 2 atom stereocenters. The number of benzene rings is 3. The van der Waals surface area contributed by atoms with Crippen LogP contribution in [0, 0.1) is 0 Å². The van der Waals surface area contributed by atoms with Crippen molar-refractivity contribution < 1.29 is 22.7 Å². The minimum atomic E-state index is -4.19. The minimum Gasteiger partial charge on any atom is -0.494 e. The van der Waals surface area contributed by atoms with Crippen LogP contribution in [0.2, 0.25) is 5.02 Å². The first-order valence-electron chi connectivity index (χ1n) is 13.8. The van der Waals surface area contributed by atoms with Crippen molar-refractivity contribution in [3.63, 3.8) is 0 Å². The van der Waals surface area contributed by atoms with Crippen molar-refractivity contribution >= 4 is 39.1 Å². The van der Waals surface area contributed by atoms with Gasteiger partial charge in [-0.1, -0.05) is 55.8 Å². The van der Waals surface area contributed by atoms with E-state index in [1.54, 1.807) is 24.3 Å². The van der Waals surface area contributed by atoms with Crippen LogP contribution >= 0.6 is 11.6 Å². The Morgan fingerprint density at radius 1 is 0.902 bits per heavy atom. The molecule has 8 nitrogen and oxygen atoms in total. The molecule has 1 N–H and O–H groups in total. The van der Waals surface area contributed by atoms with Crippen LogP contribution in [0.1, 0.15) is 46.1 Å². The first-order chi connectivity index (χ1) is 19.6. The average Bonchev–Trinajstić information content (AvgIpc) is 2.97. The molecular weight excluding hydrogens is 562 g/mol. The fourth-order valence-electron chi connectivity index (χ4n) is 4.28. The van der Waals surface area contributed by atoms with Crippen LogP contribution in [0.3, 0.4) is 0 Å². The summed E-state index contributed by atoms with van der Waals surface area (Å²) in [7, 11) is -4.19. The molecule has 3 aromatic rings. The number of carbonyl (C=O) groups excluding carboxylic acids is 2. The molecule has 3 rings (SSSR count). The summed E-state index contributed by atoms with van der Waals surface area (Å²) in [5.41, 5.74) is 1.11. The Hall–Kier alpha value is -3.56. The number of hydrogen-bond donors (Lipinski definition) is 1. The average molecular weight is 600 g/mol. The van der Waals surface area contributed by atoms with E-state index in [2.05, 4.69) is 5.32 Å². The highest BCUT2D eigenvalue weighted by molar-refractivity contribution is 7.92. The molecule has 0 heterocycles. The topological polar surface area (TPSA) is 96.0 Å². The molecular formula is C31H38ClN3O5S. The van der Waals surface area contributed by atoms with Gasteiger partial charge in [0.1, 0.15) is 18.3 Å². The first-order valence-corrected chi connectivity index (χ1v) is 15.6. The van der Waals surface area contributed by atoms with Crippen molar-refractivity contribution in [3.05, 3.63) is 89.4 Å². The Bertz CT molecular complexity index is 1380. The number of amides is 2. The molecule has 0 unspecified atom stereocenters. The van der Waals surface area contributed by atoms with E-state index in [1.165, 1.54) is 29.2 Å². The smallest absolute Gasteiger partial charge is 0.264 e. The molecule has 0 aliphatic carbocycles. The lowest BCUT2D eigenvalue weighted by atomic mass is 10.1. The van der Waals surface area contributed by atoms with E-state index < -0.39 is 28.5 Å². The number of nitrogens with zero attached hydrogens (tertiary/aromatic N) is 2. The Morgan fingerprint density at radius 3 is 2.10 bits per heavy atom. The summed E-state index contributed by atoms with van der Waals surface area (Å²) >= 11 is 6.01. The summed E-state index contributed by atoms with van der Waals surface area (Å²) in [6.07, 6.45) is 1.09. The fraction of sp³-hybridized carbons (Fsp3) is 0.355. The molecule has 2 amide bonds. The van der Waals surface area contributed by atoms with Crippen molar-refractivity contribution in [2.24, 2.45) is 0 Å². The van der Waals surface area contributed by atoms with Gasteiger partial charge in [-0.2, -0.15) is 0 Å². The van der Waals surface area contributed by atoms with E-state index in [0.717, 1.165) is 16.3 Å². The van der Waals surface area contributed by atoms with Gasteiger partial charge in [-0.25, -0.2) is 8.42 Å². The van der Waals surface area contributed by atoms with Gasteiger partial charge in [0.15, 0.2) is 0 Å². The van der Waals surface area contributed by atoms with Crippen molar-refractivity contribution in [2.45, 2.75) is 64.1 Å². The molecule has 220 valence electrons. The molecule has 0 aliphatic heterocycles. The summed E-state index contributed by atoms with van der Waals surface area (Å²) < 4.78 is 34.4. The van der Waals surface area contributed by atoms with Gasteiger partial charge in [-0.3, -0.25) is 13.9 Å². The maximum absolute atomic E-state index is 14.1. The van der Waals surface area contributed by atoms with Crippen LogP contribution in [-0.2, 0) is 26.2 Å².